The van der Waals surface area contributed by atoms with Crippen molar-refractivity contribution in [1.82, 2.24) is 14.8 Å². The Morgan fingerprint density at radius 1 is 1.15 bits per heavy atom. The highest BCUT2D eigenvalue weighted by molar-refractivity contribution is 5.56. The van der Waals surface area contributed by atoms with Crippen molar-refractivity contribution in [3.05, 3.63) is 35.7 Å². The number of nitrogens with zero attached hydrogens (tertiary/aromatic N) is 3. The van der Waals surface area contributed by atoms with Gasteiger partial charge in [0.2, 0.25) is 0 Å². The van der Waals surface area contributed by atoms with Gasteiger partial charge >= 0.3 is 6.18 Å². The van der Waals surface area contributed by atoms with Crippen LogP contribution in [0.25, 0.3) is 11.4 Å². The molecule has 0 atom stereocenters. The molecule has 0 aliphatic rings. The summed E-state index contributed by atoms with van der Waals surface area (Å²) in [6.45, 7) is 2.92. The van der Waals surface area contributed by atoms with Crippen molar-refractivity contribution in [2.75, 3.05) is 0 Å². The molecule has 4 nitrogen and oxygen atoms in total. The van der Waals surface area contributed by atoms with E-state index in [2.05, 4.69) is 10.2 Å². The summed E-state index contributed by atoms with van der Waals surface area (Å²) in [5, 5.41) is 7.99. The predicted octanol–water partition coefficient (Wildman–Crippen LogP) is 2.83. The lowest BCUT2D eigenvalue weighted by atomic mass is 10.1. The topological polar surface area (TPSA) is 56.7 Å². The molecule has 7 heteroatoms. The monoisotopic (exact) mass is 284 g/mol. The summed E-state index contributed by atoms with van der Waals surface area (Å²) in [5.41, 5.74) is 5.50. The number of nitrogens with two attached hydrogens (primary N) is 1. The number of alkyl halides is 3. The lowest BCUT2D eigenvalue weighted by Gasteiger charge is -2.10. The highest BCUT2D eigenvalue weighted by Gasteiger charge is 2.30. The molecule has 0 radical (unpaired) electrons. The van der Waals surface area contributed by atoms with Crippen molar-refractivity contribution >= 4 is 0 Å². The summed E-state index contributed by atoms with van der Waals surface area (Å²) in [7, 11) is 0. The number of hydrogen-bond donors (Lipinski definition) is 1. The van der Waals surface area contributed by atoms with Crippen LogP contribution in [0.4, 0.5) is 13.2 Å². The van der Waals surface area contributed by atoms with E-state index in [0.29, 0.717) is 23.8 Å². The van der Waals surface area contributed by atoms with Gasteiger partial charge in [-0.25, -0.2) is 0 Å². The zero-order valence-electron chi connectivity index (χ0n) is 11.0. The van der Waals surface area contributed by atoms with Gasteiger partial charge in [0.25, 0.3) is 0 Å². The van der Waals surface area contributed by atoms with Crippen LogP contribution in [0.5, 0.6) is 0 Å². The van der Waals surface area contributed by atoms with E-state index in [1.165, 1.54) is 12.1 Å². The standard InChI is InChI=1S/C13H15F3N4/c1-2-7-20-11(8-17)18-19-12(20)9-3-5-10(6-4-9)13(14,15)16/h3-6H,2,7-8,17H2,1H3. The van der Waals surface area contributed by atoms with Crippen molar-refractivity contribution in [2.24, 2.45) is 5.73 Å². The Labute approximate surface area is 114 Å². The minimum Gasteiger partial charge on any atom is -0.324 e. The second kappa shape index (κ2) is 5.62. The van der Waals surface area contributed by atoms with Crippen LogP contribution < -0.4 is 5.73 Å². The van der Waals surface area contributed by atoms with Crippen LogP contribution in [0.1, 0.15) is 24.7 Å². The van der Waals surface area contributed by atoms with Gasteiger partial charge in [-0.15, -0.1) is 10.2 Å². The molecule has 108 valence electrons. The van der Waals surface area contributed by atoms with Crippen LogP contribution in [-0.2, 0) is 19.3 Å². The first-order chi connectivity index (χ1) is 9.47. The van der Waals surface area contributed by atoms with Crippen molar-refractivity contribution in [3.8, 4) is 11.4 Å². The molecule has 0 unspecified atom stereocenters. The third-order valence-electron chi connectivity index (χ3n) is 2.93. The summed E-state index contributed by atoms with van der Waals surface area (Å²) < 4.78 is 39.4. The van der Waals surface area contributed by atoms with E-state index >= 15 is 0 Å². The molecule has 2 aromatic rings. The van der Waals surface area contributed by atoms with Crippen molar-refractivity contribution in [1.29, 1.82) is 0 Å². The van der Waals surface area contributed by atoms with Crippen LogP contribution >= 0.6 is 0 Å². The molecule has 2 rings (SSSR count). The molecule has 0 fully saturated rings. The molecule has 0 saturated heterocycles. The lowest BCUT2D eigenvalue weighted by Crippen LogP contribution is -2.09. The fourth-order valence-corrected chi connectivity index (χ4v) is 1.97. The summed E-state index contributed by atoms with van der Waals surface area (Å²) in [6.07, 6.45) is -3.48. The van der Waals surface area contributed by atoms with E-state index in [-0.39, 0.29) is 6.54 Å². The Morgan fingerprint density at radius 2 is 1.80 bits per heavy atom. The second-order valence-electron chi connectivity index (χ2n) is 4.37. The molecule has 0 bridgehead atoms. The fourth-order valence-electron chi connectivity index (χ4n) is 1.97. The Balaban J connectivity index is 2.39. The van der Waals surface area contributed by atoms with Crippen LogP contribution in [0.3, 0.4) is 0 Å². The molecule has 0 aliphatic carbocycles. The van der Waals surface area contributed by atoms with Gasteiger partial charge < -0.3 is 10.3 Å². The second-order valence-corrected chi connectivity index (χ2v) is 4.37. The highest BCUT2D eigenvalue weighted by atomic mass is 19.4. The van der Waals surface area contributed by atoms with Crippen LogP contribution in [0, 0.1) is 0 Å². The Kier molecular flexibility index (Phi) is 4.08. The maximum Gasteiger partial charge on any atom is 0.416 e. The molecule has 1 aromatic carbocycles. The summed E-state index contributed by atoms with van der Waals surface area (Å²) in [4.78, 5) is 0. The smallest absolute Gasteiger partial charge is 0.324 e. The van der Waals surface area contributed by atoms with Crippen molar-refractivity contribution < 1.29 is 13.2 Å². The van der Waals surface area contributed by atoms with Gasteiger partial charge in [-0.3, -0.25) is 0 Å². The van der Waals surface area contributed by atoms with Gasteiger partial charge in [-0.2, -0.15) is 13.2 Å². The third-order valence-corrected chi connectivity index (χ3v) is 2.93. The van der Waals surface area contributed by atoms with Gasteiger partial charge in [-0.05, 0) is 18.6 Å². The normalized spacial score (nSPS) is 11.8. The number of benzene rings is 1. The molecule has 1 heterocycles. The highest BCUT2D eigenvalue weighted by Crippen LogP contribution is 2.30. The van der Waals surface area contributed by atoms with Gasteiger partial charge in [0.1, 0.15) is 5.82 Å². The average molecular weight is 284 g/mol. The maximum atomic E-state index is 12.5. The summed E-state index contributed by atoms with van der Waals surface area (Å²) in [6, 6.07) is 4.89. The third kappa shape index (κ3) is 2.82. The molecule has 1 aromatic heterocycles. The van der Waals surface area contributed by atoms with Gasteiger partial charge in [0, 0.05) is 12.1 Å². The fraction of sp³-hybridized carbons (Fsp3) is 0.385. The molecule has 0 spiro atoms. The first-order valence-electron chi connectivity index (χ1n) is 6.27. The maximum absolute atomic E-state index is 12.5. The van der Waals surface area contributed by atoms with E-state index in [0.717, 1.165) is 18.6 Å². The Hall–Kier alpha value is -1.89. The van der Waals surface area contributed by atoms with Crippen molar-refractivity contribution in [2.45, 2.75) is 32.6 Å². The van der Waals surface area contributed by atoms with Gasteiger partial charge in [-0.1, -0.05) is 19.1 Å². The minimum absolute atomic E-state index is 0.244. The summed E-state index contributed by atoms with van der Waals surface area (Å²) in [5.74, 6) is 1.17. The first-order valence-corrected chi connectivity index (χ1v) is 6.27. The minimum atomic E-state index is -4.34. The van der Waals surface area contributed by atoms with E-state index in [9.17, 15) is 13.2 Å². The molecule has 0 amide bonds. The van der Waals surface area contributed by atoms with Crippen LogP contribution in [0.2, 0.25) is 0 Å². The van der Waals surface area contributed by atoms with E-state index in [1.54, 1.807) is 0 Å². The molecule has 0 saturated carbocycles. The van der Waals surface area contributed by atoms with E-state index in [4.69, 9.17) is 5.73 Å². The molecular formula is C13H15F3N4. The zero-order valence-corrected chi connectivity index (χ0v) is 11.0. The van der Waals surface area contributed by atoms with E-state index in [1.807, 2.05) is 11.5 Å². The summed E-state index contributed by atoms with van der Waals surface area (Å²) >= 11 is 0. The van der Waals surface area contributed by atoms with E-state index < -0.39 is 11.7 Å². The Bertz CT molecular complexity index is 572. The molecule has 20 heavy (non-hydrogen) atoms. The lowest BCUT2D eigenvalue weighted by molar-refractivity contribution is -0.137. The number of rotatable bonds is 4. The van der Waals surface area contributed by atoms with Crippen LogP contribution in [0.15, 0.2) is 24.3 Å². The number of aromatic nitrogens is 3. The molecule has 2 N–H and O–H groups in total. The van der Waals surface area contributed by atoms with Gasteiger partial charge in [0.15, 0.2) is 5.82 Å². The van der Waals surface area contributed by atoms with Crippen LogP contribution in [-0.4, -0.2) is 14.8 Å². The van der Waals surface area contributed by atoms with Crippen molar-refractivity contribution in [3.63, 3.8) is 0 Å². The number of hydrogen-bond acceptors (Lipinski definition) is 3. The van der Waals surface area contributed by atoms with Gasteiger partial charge in [0.05, 0.1) is 12.1 Å². The Morgan fingerprint density at radius 3 is 2.30 bits per heavy atom. The first kappa shape index (κ1) is 14.5. The molecule has 0 aliphatic heterocycles. The largest absolute Gasteiger partial charge is 0.416 e. The quantitative estimate of drug-likeness (QED) is 0.939. The predicted molar refractivity (Wildman–Crippen MR) is 68.6 cm³/mol. The average Bonchev–Trinajstić information content (AvgIpc) is 2.81. The molecular weight excluding hydrogens is 269 g/mol. The zero-order chi connectivity index (χ0) is 14.8. The number of halogens is 3. The SMILES string of the molecule is CCCn1c(CN)nnc1-c1ccc(C(F)(F)F)cc1.